The van der Waals surface area contributed by atoms with Crippen LogP contribution in [0.2, 0.25) is 0 Å². The lowest BCUT2D eigenvalue weighted by molar-refractivity contribution is -0.253. The van der Waals surface area contributed by atoms with Gasteiger partial charge in [-0.05, 0) is 18.1 Å². The minimum Gasteiger partial charge on any atom is -0.463 e. The Labute approximate surface area is 168 Å². The predicted molar refractivity (Wildman–Crippen MR) is 98.7 cm³/mol. The van der Waals surface area contributed by atoms with Crippen molar-refractivity contribution in [2.75, 3.05) is 6.61 Å². The van der Waals surface area contributed by atoms with Crippen molar-refractivity contribution in [2.24, 2.45) is 16.2 Å². The summed E-state index contributed by atoms with van der Waals surface area (Å²) < 4.78 is 61.5. The van der Waals surface area contributed by atoms with Gasteiger partial charge in [0.1, 0.15) is 18.0 Å². The van der Waals surface area contributed by atoms with Crippen LogP contribution in [-0.4, -0.2) is 41.3 Å². The normalized spacial score (nSPS) is 27.0. The number of carbonyl (C=O) groups excluding carboxylic acids is 2. The summed E-state index contributed by atoms with van der Waals surface area (Å²) in [6.07, 6.45) is -2.62. The maximum atomic E-state index is 12.9. The Balaban J connectivity index is 2.34. The molecule has 1 fully saturated rings. The van der Waals surface area contributed by atoms with E-state index in [9.17, 15) is 21.6 Å². The van der Waals surface area contributed by atoms with Crippen LogP contribution >= 0.6 is 0 Å². The fraction of sp³-hybridized carbons (Fsp3) is 0.556. The van der Waals surface area contributed by atoms with Crippen molar-refractivity contribution in [2.45, 2.75) is 46.2 Å². The third kappa shape index (κ3) is 6.64. The molecule has 1 heterocycles. The molecule has 5 atom stereocenters. The minimum atomic E-state index is -5.41. The Morgan fingerprint density at radius 1 is 1.14 bits per heavy atom. The Bertz CT molecular complexity index is 862. The molecule has 0 radical (unpaired) electrons. The number of rotatable bonds is 6. The van der Waals surface area contributed by atoms with Gasteiger partial charge in [-0.2, -0.15) is 4.21 Å². The van der Waals surface area contributed by atoms with E-state index in [1.54, 1.807) is 0 Å². The fourth-order valence-electron chi connectivity index (χ4n) is 2.97. The van der Waals surface area contributed by atoms with Crippen molar-refractivity contribution >= 4 is 28.1 Å². The first-order valence-corrected chi connectivity index (χ1v) is 10.2. The summed E-state index contributed by atoms with van der Waals surface area (Å²) in [6, 6.07) is 5.50. The van der Waals surface area contributed by atoms with E-state index >= 15 is 0 Å². The summed E-state index contributed by atoms with van der Waals surface area (Å²) >= 11 is 0. The molecule has 1 aliphatic heterocycles. The lowest BCUT2D eigenvalue weighted by Crippen LogP contribution is -2.54. The quantitative estimate of drug-likeness (QED) is 0.498. The van der Waals surface area contributed by atoms with E-state index in [2.05, 4.69) is 4.36 Å². The highest BCUT2D eigenvalue weighted by Gasteiger charge is 2.45. The van der Waals surface area contributed by atoms with Gasteiger partial charge in [0, 0.05) is 19.8 Å². The molecule has 0 aliphatic carbocycles. The largest absolute Gasteiger partial charge is 0.463 e. The number of carbonyl (C=O) groups is 2. The number of ether oxygens (including phenoxy) is 4. The molecule has 0 saturated carbocycles. The van der Waals surface area contributed by atoms with E-state index in [1.165, 1.54) is 38.1 Å². The first-order chi connectivity index (χ1) is 13.5. The maximum absolute atomic E-state index is 12.9. The molecule has 0 aromatic heterocycles. The topological polar surface area (TPSA) is 100 Å². The maximum Gasteiger partial charge on any atom is 0.372 e. The zero-order valence-corrected chi connectivity index (χ0v) is 17.2. The van der Waals surface area contributed by atoms with Gasteiger partial charge in [0.15, 0.2) is 6.10 Å². The molecule has 1 saturated heterocycles. The van der Waals surface area contributed by atoms with Gasteiger partial charge in [0.2, 0.25) is 6.29 Å². The molecule has 162 valence electrons. The van der Waals surface area contributed by atoms with Crippen LogP contribution in [0, 0.1) is 11.8 Å². The highest BCUT2D eigenvalue weighted by molar-refractivity contribution is 7.83. The molecule has 0 amide bonds. The van der Waals surface area contributed by atoms with Crippen LogP contribution in [0.3, 0.4) is 0 Å². The third-order valence-electron chi connectivity index (χ3n) is 4.58. The number of hydrogen-bond acceptors (Lipinski definition) is 8. The molecule has 1 unspecified atom stereocenters. The van der Waals surface area contributed by atoms with E-state index in [0.29, 0.717) is 0 Å². The number of hydrogen-bond donors (Lipinski definition) is 0. The Kier molecular flexibility index (Phi) is 7.53. The zero-order valence-electron chi connectivity index (χ0n) is 16.4. The second-order valence-electron chi connectivity index (χ2n) is 6.71. The second-order valence-corrected chi connectivity index (χ2v) is 7.69. The van der Waals surface area contributed by atoms with Crippen LogP contribution < -0.4 is 4.74 Å². The Morgan fingerprint density at radius 2 is 1.79 bits per heavy atom. The van der Waals surface area contributed by atoms with Crippen molar-refractivity contribution in [1.82, 2.24) is 0 Å². The minimum absolute atomic E-state index is 0.0533. The van der Waals surface area contributed by atoms with E-state index in [-0.39, 0.29) is 29.9 Å². The molecular formula is C18H23F2NO7S. The number of esters is 2. The van der Waals surface area contributed by atoms with E-state index in [4.69, 9.17) is 18.9 Å². The smallest absolute Gasteiger partial charge is 0.372 e. The lowest BCUT2D eigenvalue weighted by Gasteiger charge is -2.43. The van der Waals surface area contributed by atoms with E-state index in [1.807, 2.05) is 13.8 Å². The van der Waals surface area contributed by atoms with E-state index in [0.717, 1.165) is 0 Å². The summed E-state index contributed by atoms with van der Waals surface area (Å²) in [5, 5.41) is 0. The molecule has 11 heteroatoms. The van der Waals surface area contributed by atoms with Crippen molar-refractivity contribution in [1.29, 1.82) is 0 Å². The van der Waals surface area contributed by atoms with Crippen LogP contribution in [0.1, 0.15) is 27.7 Å². The van der Waals surface area contributed by atoms with Crippen molar-refractivity contribution < 1.29 is 40.5 Å². The molecule has 0 spiro atoms. The molecule has 29 heavy (non-hydrogen) atoms. The van der Waals surface area contributed by atoms with Gasteiger partial charge in [0.25, 0.3) is 0 Å². The average Bonchev–Trinajstić information content (AvgIpc) is 2.60. The Morgan fingerprint density at radius 3 is 2.38 bits per heavy atom. The predicted octanol–water partition coefficient (Wildman–Crippen LogP) is 3.43. The van der Waals surface area contributed by atoms with Gasteiger partial charge in [-0.15, -0.1) is 4.36 Å². The SMILES string of the molecule is CC(=O)OC[C@H]1OC(Oc2ccccc2N=S(=O)(F)F)[C@H](OC(C)=O)[C@@H](C)[C@@H]1C. The lowest BCUT2D eigenvalue weighted by atomic mass is 9.83. The fourth-order valence-corrected chi connectivity index (χ4v) is 3.35. The third-order valence-corrected chi connectivity index (χ3v) is 4.99. The summed E-state index contributed by atoms with van der Waals surface area (Å²) in [6.45, 7) is 6.09. The van der Waals surface area contributed by atoms with Crippen molar-refractivity contribution in [3.8, 4) is 5.75 Å². The van der Waals surface area contributed by atoms with Gasteiger partial charge < -0.3 is 18.9 Å². The number of benzene rings is 1. The molecule has 0 bridgehead atoms. The first-order valence-electron chi connectivity index (χ1n) is 8.86. The van der Waals surface area contributed by atoms with E-state index < -0.39 is 40.9 Å². The van der Waals surface area contributed by atoms with Gasteiger partial charge >= 0.3 is 22.4 Å². The van der Waals surface area contributed by atoms with Crippen LogP contribution in [0.15, 0.2) is 28.6 Å². The van der Waals surface area contributed by atoms with Gasteiger partial charge in [-0.3, -0.25) is 9.59 Å². The van der Waals surface area contributed by atoms with Crippen LogP contribution in [0.5, 0.6) is 5.75 Å². The average molecular weight is 435 g/mol. The highest BCUT2D eigenvalue weighted by Crippen LogP contribution is 2.37. The molecule has 2 rings (SSSR count). The molecule has 1 aromatic carbocycles. The van der Waals surface area contributed by atoms with Gasteiger partial charge in [-0.1, -0.05) is 33.8 Å². The van der Waals surface area contributed by atoms with Crippen molar-refractivity contribution in [3.05, 3.63) is 24.3 Å². The first kappa shape index (κ1) is 23.0. The number of halogens is 2. The molecular weight excluding hydrogens is 412 g/mol. The number of nitrogens with zero attached hydrogens (tertiary/aromatic N) is 1. The summed E-state index contributed by atoms with van der Waals surface area (Å²) in [5.41, 5.74) is -0.338. The van der Waals surface area contributed by atoms with Crippen LogP contribution in [0.4, 0.5) is 13.5 Å². The van der Waals surface area contributed by atoms with Gasteiger partial charge in [-0.25, -0.2) is 0 Å². The van der Waals surface area contributed by atoms with Crippen molar-refractivity contribution in [3.63, 3.8) is 0 Å². The molecule has 1 aromatic rings. The zero-order chi connectivity index (χ0) is 21.8. The number of para-hydroxylation sites is 1. The Hall–Kier alpha value is -2.27. The monoisotopic (exact) mass is 435 g/mol. The second kappa shape index (κ2) is 9.49. The molecule has 0 N–H and O–H groups in total. The molecule has 8 nitrogen and oxygen atoms in total. The van der Waals surface area contributed by atoms with Crippen LogP contribution in [-0.2, 0) is 34.3 Å². The molecule has 1 aliphatic rings. The van der Waals surface area contributed by atoms with Gasteiger partial charge in [0.05, 0.1) is 6.10 Å². The highest BCUT2D eigenvalue weighted by atomic mass is 32.3. The summed E-state index contributed by atoms with van der Waals surface area (Å²) in [4.78, 5) is 22.7. The summed E-state index contributed by atoms with van der Waals surface area (Å²) in [7, 11) is -5.41. The summed E-state index contributed by atoms with van der Waals surface area (Å²) in [5.74, 6) is -1.62. The van der Waals surface area contributed by atoms with Crippen LogP contribution in [0.25, 0.3) is 0 Å². The standard InChI is InChI=1S/C18H23F2NO7S/c1-10-11(2)17(26-13(4)23)18(28-16(10)9-25-12(3)22)27-15-8-6-5-7-14(15)21-29(19,20)24/h5-8,10-11,16-18H,9H2,1-4H3/t10-,11-,16+,17+,18?/m0/s1.